The van der Waals surface area contributed by atoms with Crippen LogP contribution in [0.1, 0.15) is 29.2 Å². The Kier molecular flexibility index (Phi) is 6.12. The van der Waals surface area contributed by atoms with Gasteiger partial charge < -0.3 is 9.64 Å². The summed E-state index contributed by atoms with van der Waals surface area (Å²) >= 11 is 0. The van der Waals surface area contributed by atoms with Crippen molar-refractivity contribution < 1.29 is 14.3 Å². The molecule has 0 radical (unpaired) electrons. The largest absolute Gasteiger partial charge is 0.426 e. The predicted molar refractivity (Wildman–Crippen MR) is 99.2 cm³/mol. The zero-order valence-electron chi connectivity index (χ0n) is 15.1. The third-order valence-electron chi connectivity index (χ3n) is 3.89. The second-order valence-corrected chi connectivity index (χ2v) is 6.05. The van der Waals surface area contributed by atoms with E-state index in [1.165, 1.54) is 13.0 Å². The summed E-state index contributed by atoms with van der Waals surface area (Å²) in [7, 11) is 1.76. The molecule has 0 heterocycles. The number of amides is 1. The number of esters is 1. The van der Waals surface area contributed by atoms with Gasteiger partial charge in [-0.1, -0.05) is 42.5 Å². The van der Waals surface area contributed by atoms with E-state index in [-0.39, 0.29) is 11.9 Å². The first-order chi connectivity index (χ1) is 11.9. The summed E-state index contributed by atoms with van der Waals surface area (Å²) in [4.78, 5) is 25.4. The highest BCUT2D eigenvalue weighted by Crippen LogP contribution is 2.28. The highest BCUT2D eigenvalue weighted by atomic mass is 16.5. The molecule has 0 saturated carbocycles. The molecule has 0 aliphatic carbocycles. The second kappa shape index (κ2) is 8.29. The minimum atomic E-state index is -0.379. The molecule has 0 N–H and O–H groups in total. The van der Waals surface area contributed by atoms with Gasteiger partial charge in [0.05, 0.1) is 0 Å². The lowest BCUT2D eigenvalue weighted by Gasteiger charge is -2.16. The molecule has 0 atom stereocenters. The third kappa shape index (κ3) is 5.05. The lowest BCUT2D eigenvalue weighted by Crippen LogP contribution is -2.24. The van der Waals surface area contributed by atoms with Gasteiger partial charge in [-0.3, -0.25) is 9.59 Å². The van der Waals surface area contributed by atoms with Crippen molar-refractivity contribution in [3.8, 4) is 5.75 Å². The van der Waals surface area contributed by atoms with Crippen LogP contribution in [-0.4, -0.2) is 23.8 Å². The van der Waals surface area contributed by atoms with E-state index in [9.17, 15) is 9.59 Å². The summed E-state index contributed by atoms with van der Waals surface area (Å²) in [6.07, 6.45) is 3.22. The summed E-state index contributed by atoms with van der Waals surface area (Å²) in [6, 6.07) is 13.7. The first kappa shape index (κ1) is 18.5. The van der Waals surface area contributed by atoms with Crippen LogP contribution in [0, 0.1) is 13.8 Å². The van der Waals surface area contributed by atoms with Gasteiger partial charge >= 0.3 is 5.97 Å². The fourth-order valence-corrected chi connectivity index (χ4v) is 2.51. The van der Waals surface area contributed by atoms with Crippen LogP contribution in [0.4, 0.5) is 0 Å². The normalized spacial score (nSPS) is 10.7. The van der Waals surface area contributed by atoms with Gasteiger partial charge in [0, 0.05) is 32.2 Å². The van der Waals surface area contributed by atoms with Gasteiger partial charge in [0.25, 0.3) is 0 Å². The predicted octanol–water partition coefficient (Wildman–Crippen LogP) is 3.90. The highest BCUT2D eigenvalue weighted by molar-refractivity contribution is 5.92. The van der Waals surface area contributed by atoms with Crippen molar-refractivity contribution in [1.82, 2.24) is 4.90 Å². The maximum atomic E-state index is 12.4. The molecule has 0 saturated heterocycles. The number of benzene rings is 2. The molecule has 2 rings (SSSR count). The van der Waals surface area contributed by atoms with Crippen LogP contribution in [0.2, 0.25) is 0 Å². The summed E-state index contributed by atoms with van der Waals surface area (Å²) in [5.41, 5.74) is 3.61. The lowest BCUT2D eigenvalue weighted by atomic mass is 10.0. The van der Waals surface area contributed by atoms with Gasteiger partial charge in [-0.05, 0) is 36.6 Å². The SMILES string of the molecule is CC(=O)Oc1c(C)ccc(C)c1/C=C\C(=O)N(C)Cc1ccccc1. The molecule has 4 heteroatoms. The average molecular weight is 337 g/mol. The Hall–Kier alpha value is -2.88. The van der Waals surface area contributed by atoms with Crippen molar-refractivity contribution >= 4 is 18.0 Å². The molecule has 0 aliphatic rings. The molecule has 25 heavy (non-hydrogen) atoms. The molecule has 0 bridgehead atoms. The molecule has 1 amide bonds. The molecular formula is C21H23NO3. The Labute approximate surface area is 148 Å². The molecule has 0 unspecified atom stereocenters. The van der Waals surface area contributed by atoms with Gasteiger partial charge in [0.1, 0.15) is 5.75 Å². The molecule has 2 aromatic rings. The third-order valence-corrected chi connectivity index (χ3v) is 3.89. The van der Waals surface area contributed by atoms with Crippen LogP contribution < -0.4 is 4.74 Å². The van der Waals surface area contributed by atoms with Crippen LogP contribution in [0.5, 0.6) is 5.75 Å². The van der Waals surface area contributed by atoms with Crippen LogP contribution in [0.3, 0.4) is 0 Å². The number of likely N-dealkylation sites (N-methyl/N-ethyl adjacent to an activating group) is 1. The topological polar surface area (TPSA) is 46.6 Å². The molecule has 130 valence electrons. The van der Waals surface area contributed by atoms with Crippen LogP contribution in [0.15, 0.2) is 48.5 Å². The van der Waals surface area contributed by atoms with Crippen molar-refractivity contribution in [3.05, 3.63) is 70.8 Å². The summed E-state index contributed by atoms with van der Waals surface area (Å²) in [5, 5.41) is 0. The fourth-order valence-electron chi connectivity index (χ4n) is 2.51. The number of hydrogen-bond acceptors (Lipinski definition) is 3. The zero-order chi connectivity index (χ0) is 18.4. The second-order valence-electron chi connectivity index (χ2n) is 6.05. The summed E-state index contributed by atoms with van der Waals surface area (Å²) in [6.45, 7) is 5.70. The Morgan fingerprint density at radius 2 is 1.68 bits per heavy atom. The van der Waals surface area contributed by atoms with E-state index in [1.54, 1.807) is 18.0 Å². The van der Waals surface area contributed by atoms with Gasteiger partial charge in [-0.15, -0.1) is 0 Å². The van der Waals surface area contributed by atoms with Crippen LogP contribution >= 0.6 is 0 Å². The quantitative estimate of drug-likeness (QED) is 0.472. The van der Waals surface area contributed by atoms with Gasteiger partial charge in [0.15, 0.2) is 0 Å². The van der Waals surface area contributed by atoms with Crippen LogP contribution in [-0.2, 0) is 16.1 Å². The Morgan fingerprint density at radius 3 is 2.32 bits per heavy atom. The van der Waals surface area contributed by atoms with E-state index in [0.29, 0.717) is 12.3 Å². The monoisotopic (exact) mass is 337 g/mol. The van der Waals surface area contributed by atoms with E-state index in [1.807, 2.05) is 56.3 Å². The van der Waals surface area contributed by atoms with E-state index < -0.39 is 0 Å². The lowest BCUT2D eigenvalue weighted by molar-refractivity contribution is -0.132. The number of nitrogens with zero attached hydrogens (tertiary/aromatic N) is 1. The van der Waals surface area contributed by atoms with Gasteiger partial charge in [0.2, 0.25) is 5.91 Å². The Bertz CT molecular complexity index is 794. The van der Waals surface area contributed by atoms with Crippen LogP contribution in [0.25, 0.3) is 6.08 Å². The first-order valence-electron chi connectivity index (χ1n) is 8.14. The van der Waals surface area contributed by atoms with E-state index in [0.717, 1.165) is 22.3 Å². The minimum absolute atomic E-state index is 0.112. The van der Waals surface area contributed by atoms with Crippen molar-refractivity contribution in [3.63, 3.8) is 0 Å². The van der Waals surface area contributed by atoms with Crippen molar-refractivity contribution in [2.45, 2.75) is 27.3 Å². The highest BCUT2D eigenvalue weighted by Gasteiger charge is 2.12. The molecule has 0 aliphatic heterocycles. The maximum absolute atomic E-state index is 12.4. The summed E-state index contributed by atoms with van der Waals surface area (Å²) < 4.78 is 5.33. The van der Waals surface area contributed by atoms with E-state index in [4.69, 9.17) is 4.74 Å². The van der Waals surface area contributed by atoms with Crippen molar-refractivity contribution in [1.29, 1.82) is 0 Å². The van der Waals surface area contributed by atoms with Gasteiger partial charge in [-0.25, -0.2) is 0 Å². The standard InChI is InChI=1S/C21H23NO3/c1-15-10-11-16(2)21(25-17(3)23)19(15)12-13-20(24)22(4)14-18-8-6-5-7-9-18/h5-13H,14H2,1-4H3/b13-12-. The smallest absolute Gasteiger partial charge is 0.308 e. The molecule has 4 nitrogen and oxygen atoms in total. The number of hydrogen-bond donors (Lipinski definition) is 0. The van der Waals surface area contributed by atoms with Crippen molar-refractivity contribution in [2.24, 2.45) is 0 Å². The molecule has 0 spiro atoms. The minimum Gasteiger partial charge on any atom is -0.426 e. The van der Waals surface area contributed by atoms with E-state index >= 15 is 0 Å². The zero-order valence-corrected chi connectivity index (χ0v) is 15.1. The Morgan fingerprint density at radius 1 is 1.04 bits per heavy atom. The van der Waals surface area contributed by atoms with E-state index in [2.05, 4.69) is 0 Å². The molecule has 2 aromatic carbocycles. The molecular weight excluding hydrogens is 314 g/mol. The summed E-state index contributed by atoms with van der Waals surface area (Å²) in [5.74, 6) is 0.0108. The molecule has 0 aromatic heterocycles. The maximum Gasteiger partial charge on any atom is 0.308 e. The number of carbonyl (C=O) groups is 2. The molecule has 0 fully saturated rings. The fraction of sp³-hybridized carbons (Fsp3) is 0.238. The van der Waals surface area contributed by atoms with Crippen molar-refractivity contribution in [2.75, 3.05) is 7.05 Å². The Balaban J connectivity index is 2.19. The number of rotatable bonds is 5. The first-order valence-corrected chi connectivity index (χ1v) is 8.14. The average Bonchev–Trinajstić information content (AvgIpc) is 2.58. The number of carbonyl (C=O) groups excluding carboxylic acids is 2. The number of ether oxygens (including phenoxy) is 1. The number of aryl methyl sites for hydroxylation is 2. The van der Waals surface area contributed by atoms with Gasteiger partial charge in [-0.2, -0.15) is 0 Å².